The Bertz CT molecular complexity index is 577. The fraction of sp³-hybridized carbons (Fsp3) is 0.143. The summed E-state index contributed by atoms with van der Waals surface area (Å²) in [7, 11) is 1.53. The van der Waals surface area contributed by atoms with Gasteiger partial charge in [0, 0.05) is 5.56 Å². The van der Waals surface area contributed by atoms with Crippen LogP contribution in [0, 0.1) is 5.82 Å². The third-order valence-electron chi connectivity index (χ3n) is 2.89. The van der Waals surface area contributed by atoms with Gasteiger partial charge in [-0.15, -0.1) is 0 Å². The van der Waals surface area contributed by atoms with Gasteiger partial charge in [0.1, 0.15) is 11.6 Å². The van der Waals surface area contributed by atoms with Crippen molar-refractivity contribution in [3.63, 3.8) is 0 Å². The molecule has 0 bridgehead atoms. The lowest BCUT2D eigenvalue weighted by atomic mass is 9.98. The van der Waals surface area contributed by atoms with Crippen molar-refractivity contribution < 1.29 is 9.13 Å². The van der Waals surface area contributed by atoms with E-state index in [0.717, 1.165) is 5.56 Å². The Morgan fingerprint density at radius 2 is 2.00 bits per heavy atom. The van der Waals surface area contributed by atoms with Crippen LogP contribution in [0.4, 0.5) is 4.39 Å². The average Bonchev–Trinajstić information content (AvgIpc) is 2.43. The van der Waals surface area contributed by atoms with Gasteiger partial charge in [0.25, 0.3) is 0 Å². The van der Waals surface area contributed by atoms with Crippen LogP contribution in [0.2, 0.25) is 5.02 Å². The smallest absolute Gasteiger partial charge is 0.137 e. The SMILES string of the molecule is COc1cc(C(NN)c2ccccc2F)ccc1Cl. The molecule has 3 nitrogen and oxygen atoms in total. The van der Waals surface area contributed by atoms with E-state index < -0.39 is 6.04 Å². The van der Waals surface area contributed by atoms with E-state index in [4.69, 9.17) is 22.2 Å². The first-order valence-corrected chi connectivity index (χ1v) is 6.09. The second kappa shape index (κ2) is 6.02. The van der Waals surface area contributed by atoms with Crippen molar-refractivity contribution in [1.82, 2.24) is 5.43 Å². The predicted octanol–water partition coefficient (Wildman–Crippen LogP) is 3.04. The highest BCUT2D eigenvalue weighted by molar-refractivity contribution is 6.32. The summed E-state index contributed by atoms with van der Waals surface area (Å²) in [5.74, 6) is 5.75. The summed E-state index contributed by atoms with van der Waals surface area (Å²) in [6.07, 6.45) is 0. The maximum absolute atomic E-state index is 13.8. The molecule has 0 fully saturated rings. The summed E-state index contributed by atoms with van der Waals surface area (Å²) in [4.78, 5) is 0. The second-order valence-electron chi connectivity index (χ2n) is 4.02. The molecule has 0 heterocycles. The molecule has 0 aromatic heterocycles. The largest absolute Gasteiger partial charge is 0.495 e. The van der Waals surface area contributed by atoms with Crippen molar-refractivity contribution in [2.45, 2.75) is 6.04 Å². The molecule has 5 heteroatoms. The first-order valence-electron chi connectivity index (χ1n) is 5.71. The van der Waals surface area contributed by atoms with E-state index in [1.807, 2.05) is 0 Å². The van der Waals surface area contributed by atoms with Crippen LogP contribution in [-0.2, 0) is 0 Å². The van der Waals surface area contributed by atoms with E-state index in [9.17, 15) is 4.39 Å². The van der Waals surface area contributed by atoms with Crippen molar-refractivity contribution in [3.05, 3.63) is 64.4 Å². The Hall–Kier alpha value is -1.62. The van der Waals surface area contributed by atoms with Crippen molar-refractivity contribution in [2.75, 3.05) is 7.11 Å². The number of nitrogens with two attached hydrogens (primary N) is 1. The van der Waals surface area contributed by atoms with Gasteiger partial charge in [-0.2, -0.15) is 0 Å². The van der Waals surface area contributed by atoms with E-state index >= 15 is 0 Å². The maximum atomic E-state index is 13.8. The van der Waals surface area contributed by atoms with Crippen LogP contribution in [0.15, 0.2) is 42.5 Å². The highest BCUT2D eigenvalue weighted by Gasteiger charge is 2.17. The third-order valence-corrected chi connectivity index (χ3v) is 3.20. The van der Waals surface area contributed by atoms with Crippen LogP contribution in [0.5, 0.6) is 5.75 Å². The second-order valence-corrected chi connectivity index (χ2v) is 4.42. The maximum Gasteiger partial charge on any atom is 0.137 e. The molecule has 0 spiro atoms. The minimum absolute atomic E-state index is 0.320. The molecule has 2 aromatic carbocycles. The number of nitrogens with one attached hydrogen (secondary N) is 1. The van der Waals surface area contributed by atoms with Gasteiger partial charge < -0.3 is 4.74 Å². The van der Waals surface area contributed by atoms with Crippen molar-refractivity contribution in [2.24, 2.45) is 5.84 Å². The van der Waals surface area contributed by atoms with Crippen molar-refractivity contribution in [1.29, 1.82) is 0 Å². The zero-order chi connectivity index (χ0) is 13.8. The van der Waals surface area contributed by atoms with Gasteiger partial charge in [-0.1, -0.05) is 35.9 Å². The Labute approximate surface area is 116 Å². The molecule has 19 heavy (non-hydrogen) atoms. The van der Waals surface area contributed by atoms with E-state index in [-0.39, 0.29) is 5.82 Å². The Balaban J connectivity index is 2.45. The number of hydrazine groups is 1. The number of rotatable bonds is 4. The monoisotopic (exact) mass is 280 g/mol. The van der Waals surface area contributed by atoms with E-state index in [1.54, 1.807) is 36.4 Å². The van der Waals surface area contributed by atoms with Gasteiger partial charge in [0.15, 0.2) is 0 Å². The van der Waals surface area contributed by atoms with Gasteiger partial charge in [-0.3, -0.25) is 5.84 Å². The minimum Gasteiger partial charge on any atom is -0.495 e. The summed E-state index contributed by atoms with van der Waals surface area (Å²) in [6.45, 7) is 0. The summed E-state index contributed by atoms with van der Waals surface area (Å²) < 4.78 is 19.0. The molecule has 0 saturated carbocycles. The summed E-state index contributed by atoms with van der Waals surface area (Å²) >= 11 is 5.97. The highest BCUT2D eigenvalue weighted by atomic mass is 35.5. The fourth-order valence-electron chi connectivity index (χ4n) is 1.93. The standard InChI is InChI=1S/C14H14ClFN2O/c1-19-13-8-9(6-7-11(13)15)14(18-17)10-4-2-3-5-12(10)16/h2-8,14,18H,17H2,1H3. The van der Waals surface area contributed by atoms with Crippen molar-refractivity contribution >= 4 is 11.6 Å². The van der Waals surface area contributed by atoms with Crippen LogP contribution in [0.3, 0.4) is 0 Å². The number of ether oxygens (including phenoxy) is 1. The van der Waals surface area contributed by atoms with Gasteiger partial charge in [0.2, 0.25) is 0 Å². The fourth-order valence-corrected chi connectivity index (χ4v) is 2.13. The molecule has 0 aliphatic heterocycles. The zero-order valence-electron chi connectivity index (χ0n) is 10.4. The van der Waals surface area contributed by atoms with E-state index in [2.05, 4.69) is 5.43 Å². The molecule has 100 valence electrons. The van der Waals surface area contributed by atoms with Crippen LogP contribution < -0.4 is 16.0 Å². The predicted molar refractivity (Wildman–Crippen MR) is 73.6 cm³/mol. The van der Waals surface area contributed by atoms with Gasteiger partial charge in [-0.25, -0.2) is 9.82 Å². The molecule has 2 rings (SSSR count). The lowest BCUT2D eigenvalue weighted by molar-refractivity contribution is 0.413. The number of benzene rings is 2. The van der Waals surface area contributed by atoms with Crippen LogP contribution >= 0.6 is 11.6 Å². The normalized spacial score (nSPS) is 12.2. The quantitative estimate of drug-likeness (QED) is 0.668. The number of hydrogen-bond donors (Lipinski definition) is 2. The number of hydrogen-bond acceptors (Lipinski definition) is 3. The van der Waals surface area contributed by atoms with Crippen LogP contribution in [0.25, 0.3) is 0 Å². The van der Waals surface area contributed by atoms with Crippen LogP contribution in [-0.4, -0.2) is 7.11 Å². The minimum atomic E-state index is -0.465. The van der Waals surface area contributed by atoms with E-state index in [1.165, 1.54) is 13.2 Å². The average molecular weight is 281 g/mol. The summed E-state index contributed by atoms with van der Waals surface area (Å²) in [5.41, 5.74) is 3.85. The number of methoxy groups -OCH3 is 1. The molecule has 3 N–H and O–H groups in total. The molecule has 0 amide bonds. The lowest BCUT2D eigenvalue weighted by Crippen LogP contribution is -2.29. The number of halogens is 2. The molecule has 0 aliphatic rings. The topological polar surface area (TPSA) is 47.3 Å². The molecule has 1 atom stereocenters. The summed E-state index contributed by atoms with van der Waals surface area (Å²) in [5, 5.41) is 0.496. The molecule has 1 unspecified atom stereocenters. The Kier molecular flexibility index (Phi) is 4.37. The third kappa shape index (κ3) is 2.87. The molecular weight excluding hydrogens is 267 g/mol. The van der Waals surface area contributed by atoms with E-state index in [0.29, 0.717) is 16.3 Å². The zero-order valence-corrected chi connectivity index (χ0v) is 11.1. The molecule has 0 aliphatic carbocycles. The van der Waals surface area contributed by atoms with Gasteiger partial charge >= 0.3 is 0 Å². The van der Waals surface area contributed by atoms with Gasteiger partial charge in [0.05, 0.1) is 18.2 Å². The first kappa shape index (κ1) is 13.8. The highest BCUT2D eigenvalue weighted by Crippen LogP contribution is 2.30. The molecule has 2 aromatic rings. The lowest BCUT2D eigenvalue weighted by Gasteiger charge is -2.18. The molecule has 0 radical (unpaired) electrons. The van der Waals surface area contributed by atoms with Crippen LogP contribution in [0.1, 0.15) is 17.2 Å². The first-order chi connectivity index (χ1) is 9.17. The Morgan fingerprint density at radius 3 is 2.63 bits per heavy atom. The Morgan fingerprint density at radius 1 is 1.26 bits per heavy atom. The molecular formula is C14H14ClFN2O. The van der Waals surface area contributed by atoms with Crippen molar-refractivity contribution in [3.8, 4) is 5.75 Å². The van der Waals surface area contributed by atoms with Gasteiger partial charge in [-0.05, 0) is 23.8 Å². The summed E-state index contributed by atoms with van der Waals surface area (Å²) in [6, 6.07) is 11.2. The molecule has 0 saturated heterocycles.